The highest BCUT2D eigenvalue weighted by Gasteiger charge is 2.14. The van der Waals surface area contributed by atoms with E-state index < -0.39 is 0 Å². The highest BCUT2D eigenvalue weighted by Crippen LogP contribution is 2.23. The van der Waals surface area contributed by atoms with Crippen molar-refractivity contribution in [3.05, 3.63) is 57.4 Å². The van der Waals surface area contributed by atoms with Gasteiger partial charge in [0.25, 0.3) is 0 Å². The maximum absolute atomic E-state index is 5.75. The third kappa shape index (κ3) is 3.33. The topological polar surface area (TPSA) is 51.2 Å². The van der Waals surface area contributed by atoms with Crippen LogP contribution >= 0.6 is 27.5 Å². The van der Waals surface area contributed by atoms with Crippen LogP contribution in [0.4, 0.5) is 0 Å². The van der Waals surface area contributed by atoms with Crippen molar-refractivity contribution in [3.63, 3.8) is 0 Å². The predicted octanol–water partition coefficient (Wildman–Crippen LogP) is 3.44. The van der Waals surface area contributed by atoms with Crippen LogP contribution in [-0.4, -0.2) is 0 Å². The van der Waals surface area contributed by atoms with E-state index in [1.165, 1.54) is 0 Å². The zero-order valence-corrected chi connectivity index (χ0v) is 11.3. The Morgan fingerprint density at radius 2 is 2.18 bits per heavy atom. The normalized spacial score (nSPS) is 12.6. The number of benzene rings is 1. The summed E-state index contributed by atoms with van der Waals surface area (Å²) in [4.78, 5) is 0. The summed E-state index contributed by atoms with van der Waals surface area (Å²) in [6, 6.07) is 11.5. The molecule has 5 heteroatoms. The summed E-state index contributed by atoms with van der Waals surface area (Å²) in [5.41, 5.74) is 3.89. The number of hydrazine groups is 1. The Kier molecular flexibility index (Phi) is 4.23. The molecule has 0 amide bonds. The Balaban J connectivity index is 2.15. The maximum atomic E-state index is 5.75. The maximum Gasteiger partial charge on any atom is 0.193 e. The summed E-state index contributed by atoms with van der Waals surface area (Å²) in [6.45, 7) is 0. The van der Waals surface area contributed by atoms with Gasteiger partial charge in [-0.2, -0.15) is 0 Å². The van der Waals surface area contributed by atoms with Gasteiger partial charge in [0, 0.05) is 4.47 Å². The highest BCUT2D eigenvalue weighted by molar-refractivity contribution is 9.10. The van der Waals surface area contributed by atoms with Crippen LogP contribution in [0.5, 0.6) is 0 Å². The molecule has 1 heterocycles. The zero-order chi connectivity index (χ0) is 12.3. The molecule has 0 aliphatic heterocycles. The minimum atomic E-state index is -0.0863. The van der Waals surface area contributed by atoms with Gasteiger partial charge in [-0.15, -0.1) is 0 Å². The van der Waals surface area contributed by atoms with Crippen molar-refractivity contribution in [2.24, 2.45) is 5.84 Å². The van der Waals surface area contributed by atoms with Gasteiger partial charge in [0.15, 0.2) is 5.22 Å². The summed E-state index contributed by atoms with van der Waals surface area (Å²) in [5.74, 6) is 6.27. The van der Waals surface area contributed by atoms with Crippen LogP contribution in [0.3, 0.4) is 0 Å². The molecule has 1 aromatic heterocycles. The second-order valence-corrected chi connectivity index (χ2v) is 4.98. The number of halogens is 2. The monoisotopic (exact) mass is 314 g/mol. The lowest BCUT2D eigenvalue weighted by Crippen LogP contribution is -2.29. The Labute approximate surface area is 113 Å². The van der Waals surface area contributed by atoms with Crippen LogP contribution in [0.1, 0.15) is 17.4 Å². The molecule has 2 aromatic rings. The van der Waals surface area contributed by atoms with E-state index in [0.29, 0.717) is 5.22 Å². The van der Waals surface area contributed by atoms with Gasteiger partial charge in [-0.3, -0.25) is 5.84 Å². The van der Waals surface area contributed by atoms with Gasteiger partial charge in [0.2, 0.25) is 0 Å². The molecule has 17 heavy (non-hydrogen) atoms. The van der Waals surface area contributed by atoms with Crippen LogP contribution in [-0.2, 0) is 6.42 Å². The Morgan fingerprint density at radius 3 is 2.76 bits per heavy atom. The molecule has 0 radical (unpaired) electrons. The van der Waals surface area contributed by atoms with Crippen LogP contribution in [0, 0.1) is 0 Å². The first-order chi connectivity index (χ1) is 8.19. The van der Waals surface area contributed by atoms with Crippen molar-refractivity contribution in [2.45, 2.75) is 12.5 Å². The quantitative estimate of drug-likeness (QED) is 0.671. The Hall–Kier alpha value is -0.810. The highest BCUT2D eigenvalue weighted by atomic mass is 79.9. The summed E-state index contributed by atoms with van der Waals surface area (Å²) < 4.78 is 6.39. The number of hydrogen-bond donors (Lipinski definition) is 2. The average molecular weight is 316 g/mol. The molecular weight excluding hydrogens is 304 g/mol. The van der Waals surface area contributed by atoms with E-state index >= 15 is 0 Å². The molecule has 90 valence electrons. The number of furan rings is 1. The number of hydrogen-bond acceptors (Lipinski definition) is 3. The van der Waals surface area contributed by atoms with Crippen molar-refractivity contribution in [3.8, 4) is 0 Å². The van der Waals surface area contributed by atoms with Crippen molar-refractivity contribution in [1.82, 2.24) is 5.43 Å². The van der Waals surface area contributed by atoms with E-state index in [0.717, 1.165) is 22.2 Å². The number of rotatable bonds is 4. The van der Waals surface area contributed by atoms with Crippen molar-refractivity contribution >= 4 is 27.5 Å². The van der Waals surface area contributed by atoms with Gasteiger partial charge >= 0.3 is 0 Å². The molecule has 3 nitrogen and oxygen atoms in total. The molecule has 0 saturated carbocycles. The average Bonchev–Trinajstić information content (AvgIpc) is 2.73. The minimum Gasteiger partial charge on any atom is -0.448 e. The fraction of sp³-hybridized carbons (Fsp3) is 0.167. The smallest absolute Gasteiger partial charge is 0.193 e. The van der Waals surface area contributed by atoms with Crippen LogP contribution in [0.2, 0.25) is 5.22 Å². The molecule has 3 N–H and O–H groups in total. The second-order valence-electron chi connectivity index (χ2n) is 3.70. The molecule has 2 rings (SSSR count). The first-order valence-corrected chi connectivity index (χ1v) is 6.32. The number of nitrogens with two attached hydrogens (primary N) is 1. The summed E-state index contributed by atoms with van der Waals surface area (Å²) in [6.07, 6.45) is 0.736. The molecule has 0 aliphatic carbocycles. The van der Waals surface area contributed by atoms with E-state index in [2.05, 4.69) is 27.4 Å². The molecule has 1 unspecified atom stereocenters. The lowest BCUT2D eigenvalue weighted by atomic mass is 10.0. The van der Waals surface area contributed by atoms with E-state index in [9.17, 15) is 0 Å². The van der Waals surface area contributed by atoms with Crippen LogP contribution < -0.4 is 11.3 Å². The van der Waals surface area contributed by atoms with Crippen molar-refractivity contribution in [1.29, 1.82) is 0 Å². The first kappa shape index (κ1) is 12.6. The third-order valence-corrected chi connectivity index (χ3v) is 3.16. The van der Waals surface area contributed by atoms with Crippen molar-refractivity contribution in [2.75, 3.05) is 0 Å². The SMILES string of the molecule is NNC(Cc1cccc(Br)c1)c1ccc(Cl)o1. The van der Waals surface area contributed by atoms with Crippen molar-refractivity contribution < 1.29 is 4.42 Å². The molecular formula is C12H12BrClN2O. The van der Waals surface area contributed by atoms with Gasteiger partial charge in [-0.05, 0) is 47.9 Å². The molecule has 1 atom stereocenters. The standard InChI is InChI=1S/C12H12BrClN2O/c13-9-3-1-2-8(6-9)7-10(16-15)11-4-5-12(14)17-11/h1-6,10,16H,7,15H2. The fourth-order valence-electron chi connectivity index (χ4n) is 1.66. The Morgan fingerprint density at radius 1 is 1.35 bits per heavy atom. The lowest BCUT2D eigenvalue weighted by molar-refractivity contribution is 0.417. The van der Waals surface area contributed by atoms with Gasteiger partial charge in [0.1, 0.15) is 5.76 Å². The second kappa shape index (κ2) is 5.69. The van der Waals surface area contributed by atoms with E-state index in [1.807, 2.05) is 24.3 Å². The van der Waals surface area contributed by atoms with Gasteiger partial charge in [-0.1, -0.05) is 28.1 Å². The van der Waals surface area contributed by atoms with Crippen LogP contribution in [0.15, 0.2) is 45.3 Å². The molecule has 0 saturated heterocycles. The van der Waals surface area contributed by atoms with E-state index in [-0.39, 0.29) is 6.04 Å². The zero-order valence-electron chi connectivity index (χ0n) is 8.99. The minimum absolute atomic E-state index is 0.0863. The molecule has 0 aliphatic rings. The number of nitrogens with one attached hydrogen (secondary N) is 1. The summed E-state index contributed by atoms with van der Waals surface area (Å²) in [7, 11) is 0. The van der Waals surface area contributed by atoms with Gasteiger partial charge in [-0.25, -0.2) is 5.43 Å². The van der Waals surface area contributed by atoms with Crippen LogP contribution in [0.25, 0.3) is 0 Å². The van der Waals surface area contributed by atoms with E-state index in [4.69, 9.17) is 21.9 Å². The predicted molar refractivity (Wildman–Crippen MR) is 71.6 cm³/mol. The molecule has 1 aromatic carbocycles. The molecule has 0 fully saturated rings. The van der Waals surface area contributed by atoms with E-state index in [1.54, 1.807) is 6.07 Å². The fourth-order valence-corrected chi connectivity index (χ4v) is 2.26. The molecule has 0 bridgehead atoms. The lowest BCUT2D eigenvalue weighted by Gasteiger charge is -2.13. The van der Waals surface area contributed by atoms with Gasteiger partial charge < -0.3 is 4.42 Å². The summed E-state index contributed by atoms with van der Waals surface area (Å²) >= 11 is 9.19. The molecule has 0 spiro atoms. The summed E-state index contributed by atoms with van der Waals surface area (Å²) in [5, 5.41) is 0.370. The largest absolute Gasteiger partial charge is 0.448 e. The Bertz CT molecular complexity index is 501. The van der Waals surface area contributed by atoms with Gasteiger partial charge in [0.05, 0.1) is 6.04 Å². The first-order valence-electron chi connectivity index (χ1n) is 5.15. The third-order valence-electron chi connectivity index (χ3n) is 2.47.